The Bertz CT molecular complexity index is 788. The van der Waals surface area contributed by atoms with E-state index >= 15 is 0 Å². The number of hydrogen-bond donors (Lipinski definition) is 1. The number of amides is 1. The minimum absolute atomic E-state index is 0.00348. The minimum atomic E-state index is -5.02. The molecule has 1 aliphatic heterocycles. The lowest BCUT2D eigenvalue weighted by Gasteiger charge is -2.42. The number of alkyl halides is 3. The third-order valence-electron chi connectivity index (χ3n) is 5.61. The van der Waals surface area contributed by atoms with Gasteiger partial charge >= 0.3 is 6.18 Å². The molecule has 1 fully saturated rings. The van der Waals surface area contributed by atoms with Gasteiger partial charge in [-0.25, -0.2) is 0 Å². The molecule has 3 atom stereocenters. The maximum atomic E-state index is 14.0. The van der Waals surface area contributed by atoms with Crippen LogP contribution in [0.3, 0.4) is 0 Å². The third kappa shape index (κ3) is 3.42. The van der Waals surface area contributed by atoms with Gasteiger partial charge in [-0.15, -0.1) is 0 Å². The number of hydrogen-bond acceptors (Lipinski definition) is 3. The molecule has 0 radical (unpaired) electrons. The van der Waals surface area contributed by atoms with Crippen LogP contribution >= 0.6 is 15.9 Å². The highest BCUT2D eigenvalue weighted by molar-refractivity contribution is 9.10. The number of halogens is 4. The van der Waals surface area contributed by atoms with Crippen molar-refractivity contribution >= 4 is 27.5 Å². The quantitative estimate of drug-likeness (QED) is 0.661. The fourth-order valence-electron chi connectivity index (χ4n) is 3.95. The monoisotopic (exact) mass is 446 g/mol. The van der Waals surface area contributed by atoms with Crippen molar-refractivity contribution in [3.63, 3.8) is 0 Å². The number of carbonyl (C=O) groups is 1. The molecule has 3 rings (SSSR count). The number of carbonyl (C=O) groups excluding carboxylic acids is 1. The van der Waals surface area contributed by atoms with E-state index in [1.54, 1.807) is 12.1 Å². The predicted octanol–water partition coefficient (Wildman–Crippen LogP) is 4.97. The normalized spacial score (nSPS) is 28.7. The topological polar surface area (TPSA) is 52.9 Å². The number of aliphatic hydroxyl groups is 1. The molecule has 1 heterocycles. The number of benzene rings is 1. The molecule has 0 aromatic heterocycles. The van der Waals surface area contributed by atoms with Gasteiger partial charge < -0.3 is 5.11 Å². The Hall–Kier alpha value is -1.41. The first-order chi connectivity index (χ1) is 12.4. The van der Waals surface area contributed by atoms with Crippen molar-refractivity contribution in [3.8, 4) is 0 Å². The molecule has 148 valence electrons. The van der Waals surface area contributed by atoms with Crippen LogP contribution < -0.4 is 0 Å². The SMILES string of the molecule is CC(C)(C)[C@@H]1CCC2=NN(C(=O)c3cccc(Br)c3)[C@@](O)(C(F)(F)F)[C@H]2C1. The Morgan fingerprint density at radius 3 is 2.56 bits per heavy atom. The van der Waals surface area contributed by atoms with Gasteiger partial charge in [-0.3, -0.25) is 4.79 Å². The largest absolute Gasteiger partial charge is 0.439 e. The van der Waals surface area contributed by atoms with E-state index in [1.807, 2.05) is 20.8 Å². The first kappa shape index (κ1) is 20.3. The van der Waals surface area contributed by atoms with E-state index in [-0.39, 0.29) is 34.0 Å². The van der Waals surface area contributed by atoms with Crippen LogP contribution in [0.15, 0.2) is 33.8 Å². The highest BCUT2D eigenvalue weighted by Crippen LogP contribution is 2.52. The van der Waals surface area contributed by atoms with Gasteiger partial charge in [-0.1, -0.05) is 42.8 Å². The Balaban J connectivity index is 2.02. The van der Waals surface area contributed by atoms with Crippen molar-refractivity contribution in [3.05, 3.63) is 34.3 Å². The van der Waals surface area contributed by atoms with Crippen LogP contribution in [0.4, 0.5) is 13.2 Å². The zero-order chi connectivity index (χ0) is 20.2. The van der Waals surface area contributed by atoms with Gasteiger partial charge in [0.1, 0.15) is 0 Å². The molecule has 4 nitrogen and oxygen atoms in total. The molecule has 1 amide bonds. The molecule has 1 aromatic carbocycles. The zero-order valence-electron chi connectivity index (χ0n) is 15.3. The van der Waals surface area contributed by atoms with Gasteiger partial charge in [0, 0.05) is 15.7 Å². The van der Waals surface area contributed by atoms with Crippen LogP contribution in [0.25, 0.3) is 0 Å². The van der Waals surface area contributed by atoms with Crippen molar-refractivity contribution < 1.29 is 23.1 Å². The fraction of sp³-hybridized carbons (Fsp3) is 0.579. The van der Waals surface area contributed by atoms with E-state index < -0.39 is 23.7 Å². The molecule has 27 heavy (non-hydrogen) atoms. The predicted molar refractivity (Wildman–Crippen MR) is 99.0 cm³/mol. The van der Waals surface area contributed by atoms with Crippen molar-refractivity contribution in [2.45, 2.75) is 51.9 Å². The van der Waals surface area contributed by atoms with Gasteiger partial charge in [-0.2, -0.15) is 23.3 Å². The summed E-state index contributed by atoms with van der Waals surface area (Å²) in [5, 5.41) is 15.0. The molecule has 0 saturated heterocycles. The van der Waals surface area contributed by atoms with Gasteiger partial charge in [0.15, 0.2) is 0 Å². The van der Waals surface area contributed by atoms with Gasteiger partial charge in [0.2, 0.25) is 0 Å². The summed E-state index contributed by atoms with van der Waals surface area (Å²) < 4.78 is 42.6. The standard InChI is InChI=1S/C19H22BrF3N2O2/c1-17(2,3)12-7-8-15-14(10-12)18(27,19(21,22)23)25(24-15)16(26)11-5-4-6-13(20)9-11/h4-6,9,12,14,27H,7-8,10H2,1-3H3/t12-,14+,18+/m1/s1. The lowest BCUT2D eigenvalue weighted by molar-refractivity contribution is -0.314. The molecule has 1 N–H and O–H groups in total. The Morgan fingerprint density at radius 1 is 1.33 bits per heavy atom. The first-order valence-electron chi connectivity index (χ1n) is 8.82. The second kappa shape index (κ2) is 6.58. The van der Waals surface area contributed by atoms with Crippen molar-refractivity contribution in [2.75, 3.05) is 0 Å². The summed E-state index contributed by atoms with van der Waals surface area (Å²) in [5.74, 6) is -2.21. The molecule has 0 spiro atoms. The van der Waals surface area contributed by atoms with E-state index in [0.29, 0.717) is 17.3 Å². The lowest BCUT2D eigenvalue weighted by atomic mass is 9.66. The van der Waals surface area contributed by atoms with Crippen molar-refractivity contribution in [1.82, 2.24) is 5.01 Å². The average Bonchev–Trinajstić information content (AvgIpc) is 2.87. The van der Waals surface area contributed by atoms with E-state index in [0.717, 1.165) is 0 Å². The van der Waals surface area contributed by atoms with Crippen LogP contribution in [0.1, 0.15) is 50.4 Å². The number of hydrazone groups is 1. The highest BCUT2D eigenvalue weighted by atomic mass is 79.9. The van der Waals surface area contributed by atoms with Crippen LogP contribution in [0.5, 0.6) is 0 Å². The summed E-state index contributed by atoms with van der Waals surface area (Å²) in [6.45, 7) is 5.93. The van der Waals surface area contributed by atoms with Gasteiger partial charge in [-0.05, 0) is 48.8 Å². The van der Waals surface area contributed by atoms with Crippen molar-refractivity contribution in [2.24, 2.45) is 22.4 Å². The number of rotatable bonds is 1. The van der Waals surface area contributed by atoms with Crippen molar-refractivity contribution in [1.29, 1.82) is 0 Å². The lowest BCUT2D eigenvalue weighted by Crippen LogP contribution is -2.62. The molecule has 1 saturated carbocycles. The molecule has 0 unspecified atom stereocenters. The molecular formula is C19H22BrF3N2O2. The van der Waals surface area contributed by atoms with Crippen LogP contribution in [-0.4, -0.2) is 33.6 Å². The molecule has 8 heteroatoms. The zero-order valence-corrected chi connectivity index (χ0v) is 16.9. The highest BCUT2D eigenvalue weighted by Gasteiger charge is 2.69. The molecular weight excluding hydrogens is 425 g/mol. The molecule has 2 aliphatic rings. The summed E-state index contributed by atoms with van der Waals surface area (Å²) in [7, 11) is 0. The summed E-state index contributed by atoms with van der Waals surface area (Å²) >= 11 is 3.21. The maximum Gasteiger partial charge on any atom is 0.439 e. The fourth-order valence-corrected chi connectivity index (χ4v) is 4.35. The smallest absolute Gasteiger partial charge is 0.362 e. The number of nitrogens with zero attached hydrogens (tertiary/aromatic N) is 2. The molecule has 0 bridgehead atoms. The van der Waals surface area contributed by atoms with Gasteiger partial charge in [0.05, 0.1) is 5.92 Å². The van der Waals surface area contributed by atoms with Crippen LogP contribution in [-0.2, 0) is 0 Å². The average molecular weight is 447 g/mol. The van der Waals surface area contributed by atoms with Crippen LogP contribution in [0.2, 0.25) is 0 Å². The minimum Gasteiger partial charge on any atom is -0.362 e. The van der Waals surface area contributed by atoms with E-state index in [1.165, 1.54) is 12.1 Å². The second-order valence-corrected chi connectivity index (χ2v) is 9.25. The number of fused-ring (bicyclic) bond motifs is 1. The second-order valence-electron chi connectivity index (χ2n) is 8.33. The summed E-state index contributed by atoms with van der Waals surface area (Å²) in [6.07, 6.45) is -3.86. The van der Waals surface area contributed by atoms with Gasteiger partial charge in [0.25, 0.3) is 11.6 Å². The summed E-state index contributed by atoms with van der Waals surface area (Å²) in [6, 6.07) is 6.04. The molecule has 1 aliphatic carbocycles. The Morgan fingerprint density at radius 2 is 2.00 bits per heavy atom. The Labute approximate surface area is 164 Å². The maximum absolute atomic E-state index is 14.0. The molecule has 1 aromatic rings. The summed E-state index contributed by atoms with van der Waals surface area (Å²) in [5.41, 5.74) is -3.24. The van der Waals surface area contributed by atoms with E-state index in [9.17, 15) is 23.1 Å². The summed E-state index contributed by atoms with van der Waals surface area (Å²) in [4.78, 5) is 12.8. The van der Waals surface area contributed by atoms with E-state index in [2.05, 4.69) is 21.0 Å². The third-order valence-corrected chi connectivity index (χ3v) is 6.11. The van der Waals surface area contributed by atoms with Crippen LogP contribution in [0, 0.1) is 17.3 Å². The Kier molecular flexibility index (Phi) is 4.96. The van der Waals surface area contributed by atoms with E-state index in [4.69, 9.17) is 0 Å². The first-order valence-corrected chi connectivity index (χ1v) is 9.61.